The second kappa shape index (κ2) is 18.6. The molecule has 2 aliphatic rings. The minimum absolute atomic E-state index is 0.0167. The first-order valence-corrected chi connectivity index (χ1v) is 14.1. The molecular formula is C30H50N2O6. The summed E-state index contributed by atoms with van der Waals surface area (Å²) in [4.78, 5) is 36.1. The molecule has 38 heavy (non-hydrogen) atoms. The van der Waals surface area contributed by atoms with Gasteiger partial charge < -0.3 is 19.9 Å². The number of aliphatic carboxylic acids is 1. The number of amides is 1. The topological polar surface area (TPSA) is 105 Å². The predicted octanol–water partition coefficient (Wildman–Crippen LogP) is 6.32. The second-order valence-electron chi connectivity index (χ2n) is 11.0. The Morgan fingerprint density at radius 3 is 1.87 bits per heavy atom. The third-order valence-electron chi connectivity index (χ3n) is 6.54. The first-order valence-electron chi connectivity index (χ1n) is 14.1. The fraction of sp³-hybridized carbons (Fsp3) is 0.700. The molecule has 3 rings (SSSR count). The molecule has 0 heterocycles. The lowest BCUT2D eigenvalue weighted by Gasteiger charge is -2.25. The highest BCUT2D eigenvalue weighted by Gasteiger charge is 2.32. The number of esters is 1. The SMILES string of the molecule is C1CCCCC1.CN(C(=O)OCc1ccccc1)[C@@H](CC(=O)OC(C)(C)C)C(=O)O.CNC1CCCCC1. The molecule has 2 fully saturated rings. The molecule has 2 aliphatic carbocycles. The standard InChI is InChI=1S/C17H23NO6.C7H15N.C6H12/c1-17(2,3)24-14(19)10-13(15(20)21)18(4)16(22)23-11-12-8-6-5-7-9-12;1-8-7-5-3-2-4-6-7;1-2-4-6-5-3-1/h5-9,13H,10-11H2,1-4H3,(H,20,21);7-8H,2-6H2,1H3;1-6H2/t13-;;/m0../s1. The molecular weight excluding hydrogens is 484 g/mol. The Kier molecular flexibility index (Phi) is 16.4. The van der Waals surface area contributed by atoms with Gasteiger partial charge in [0.25, 0.3) is 0 Å². The molecule has 2 saturated carbocycles. The Bertz CT molecular complexity index is 787. The number of hydrogen-bond acceptors (Lipinski definition) is 6. The fourth-order valence-corrected chi connectivity index (χ4v) is 4.33. The van der Waals surface area contributed by atoms with E-state index in [0.717, 1.165) is 16.5 Å². The monoisotopic (exact) mass is 534 g/mol. The summed E-state index contributed by atoms with van der Waals surface area (Å²) >= 11 is 0. The molecule has 8 nitrogen and oxygen atoms in total. The number of hydrogen-bond donors (Lipinski definition) is 2. The van der Waals surface area contributed by atoms with E-state index < -0.39 is 36.1 Å². The van der Waals surface area contributed by atoms with Gasteiger partial charge in [-0.3, -0.25) is 9.69 Å². The Balaban J connectivity index is 0.000000412. The van der Waals surface area contributed by atoms with Crippen molar-refractivity contribution in [3.05, 3.63) is 35.9 Å². The van der Waals surface area contributed by atoms with E-state index in [4.69, 9.17) is 9.47 Å². The maximum Gasteiger partial charge on any atom is 0.410 e. The summed E-state index contributed by atoms with van der Waals surface area (Å²) in [5.41, 5.74) is 0.0465. The van der Waals surface area contributed by atoms with Crippen molar-refractivity contribution in [3.63, 3.8) is 0 Å². The normalized spacial score (nSPS) is 16.4. The van der Waals surface area contributed by atoms with E-state index in [9.17, 15) is 19.5 Å². The number of nitrogens with zero attached hydrogens (tertiary/aromatic N) is 1. The third kappa shape index (κ3) is 15.6. The number of ether oxygens (including phenoxy) is 2. The van der Waals surface area contributed by atoms with Crippen molar-refractivity contribution in [1.29, 1.82) is 0 Å². The van der Waals surface area contributed by atoms with Crippen LogP contribution in [0, 0.1) is 0 Å². The van der Waals surface area contributed by atoms with Gasteiger partial charge in [-0.1, -0.05) is 88.1 Å². The Morgan fingerprint density at radius 1 is 0.947 bits per heavy atom. The average molecular weight is 535 g/mol. The van der Waals surface area contributed by atoms with Gasteiger partial charge in [0, 0.05) is 13.1 Å². The molecule has 0 radical (unpaired) electrons. The molecule has 1 aromatic carbocycles. The third-order valence-corrected chi connectivity index (χ3v) is 6.54. The van der Waals surface area contributed by atoms with E-state index in [1.165, 1.54) is 77.7 Å². The number of carbonyl (C=O) groups is 3. The van der Waals surface area contributed by atoms with Crippen molar-refractivity contribution in [3.8, 4) is 0 Å². The number of carboxylic acid groups (broad SMARTS) is 1. The first kappa shape index (κ1) is 33.4. The van der Waals surface area contributed by atoms with E-state index in [1.807, 2.05) is 6.07 Å². The first-order chi connectivity index (χ1) is 18.0. The highest BCUT2D eigenvalue weighted by molar-refractivity contribution is 5.85. The molecule has 0 bridgehead atoms. The van der Waals surface area contributed by atoms with Crippen LogP contribution in [0.15, 0.2) is 30.3 Å². The Labute approximate surface area is 229 Å². The smallest absolute Gasteiger partial charge is 0.410 e. The number of likely N-dealkylation sites (N-methyl/N-ethyl adjacent to an activating group) is 1. The van der Waals surface area contributed by atoms with Gasteiger partial charge in [0.2, 0.25) is 0 Å². The van der Waals surface area contributed by atoms with E-state index in [0.29, 0.717) is 0 Å². The zero-order chi connectivity index (χ0) is 28.4. The lowest BCUT2D eigenvalue weighted by molar-refractivity contribution is -0.160. The maximum atomic E-state index is 12.0. The van der Waals surface area contributed by atoms with Crippen molar-refractivity contribution >= 4 is 18.0 Å². The molecule has 0 unspecified atom stereocenters. The minimum atomic E-state index is -1.36. The molecule has 8 heteroatoms. The summed E-state index contributed by atoms with van der Waals surface area (Å²) in [6.45, 7) is 5.05. The Morgan fingerprint density at radius 2 is 1.45 bits per heavy atom. The number of carbonyl (C=O) groups excluding carboxylic acids is 2. The van der Waals surface area contributed by atoms with Crippen LogP contribution >= 0.6 is 0 Å². The number of benzene rings is 1. The Hall–Kier alpha value is -2.61. The van der Waals surface area contributed by atoms with Crippen LogP contribution in [0.1, 0.15) is 103 Å². The zero-order valence-electron chi connectivity index (χ0n) is 24.2. The molecule has 216 valence electrons. The van der Waals surface area contributed by atoms with Gasteiger partial charge in [-0.15, -0.1) is 0 Å². The van der Waals surface area contributed by atoms with E-state index in [-0.39, 0.29) is 6.61 Å². The van der Waals surface area contributed by atoms with Gasteiger partial charge in [-0.25, -0.2) is 9.59 Å². The molecule has 2 N–H and O–H groups in total. The largest absolute Gasteiger partial charge is 0.480 e. The predicted molar refractivity (Wildman–Crippen MR) is 150 cm³/mol. The van der Waals surface area contributed by atoms with Crippen LogP contribution in [-0.4, -0.2) is 59.8 Å². The van der Waals surface area contributed by atoms with E-state index >= 15 is 0 Å². The minimum Gasteiger partial charge on any atom is -0.480 e. The number of nitrogens with one attached hydrogen (secondary N) is 1. The van der Waals surface area contributed by atoms with Crippen molar-refractivity contribution in [2.45, 2.75) is 122 Å². The van der Waals surface area contributed by atoms with Crippen LogP contribution in [0.3, 0.4) is 0 Å². The lowest BCUT2D eigenvalue weighted by atomic mass is 9.96. The van der Waals surface area contributed by atoms with Crippen LogP contribution in [0.2, 0.25) is 0 Å². The number of rotatable bonds is 7. The van der Waals surface area contributed by atoms with Crippen molar-refractivity contribution in [1.82, 2.24) is 10.2 Å². The van der Waals surface area contributed by atoms with E-state index in [2.05, 4.69) is 12.4 Å². The van der Waals surface area contributed by atoms with Crippen LogP contribution in [-0.2, 0) is 25.7 Å². The average Bonchev–Trinajstić information content (AvgIpc) is 2.91. The van der Waals surface area contributed by atoms with Crippen molar-refractivity contribution in [2.24, 2.45) is 0 Å². The van der Waals surface area contributed by atoms with E-state index in [1.54, 1.807) is 45.0 Å². The van der Waals surface area contributed by atoms with Crippen LogP contribution in [0.4, 0.5) is 4.79 Å². The van der Waals surface area contributed by atoms with Crippen molar-refractivity contribution < 1.29 is 29.0 Å². The van der Waals surface area contributed by atoms with Gasteiger partial charge >= 0.3 is 18.0 Å². The lowest BCUT2D eigenvalue weighted by Crippen LogP contribution is -2.44. The van der Waals surface area contributed by atoms with Crippen LogP contribution < -0.4 is 5.32 Å². The summed E-state index contributed by atoms with van der Waals surface area (Å²) in [5, 5.41) is 12.6. The van der Waals surface area contributed by atoms with Gasteiger partial charge in [0.1, 0.15) is 18.2 Å². The molecule has 1 amide bonds. The molecule has 1 aromatic rings. The zero-order valence-corrected chi connectivity index (χ0v) is 24.2. The highest BCUT2D eigenvalue weighted by Crippen LogP contribution is 2.17. The molecule has 0 spiro atoms. The summed E-state index contributed by atoms with van der Waals surface area (Å²) in [7, 11) is 3.34. The molecule has 1 atom stereocenters. The fourth-order valence-electron chi connectivity index (χ4n) is 4.33. The summed E-state index contributed by atoms with van der Waals surface area (Å²) in [6, 6.07) is 8.47. The van der Waals surface area contributed by atoms with Gasteiger partial charge in [0.05, 0.1) is 6.42 Å². The highest BCUT2D eigenvalue weighted by atomic mass is 16.6. The van der Waals surface area contributed by atoms with Gasteiger partial charge in [0.15, 0.2) is 0 Å². The van der Waals surface area contributed by atoms with Crippen molar-refractivity contribution in [2.75, 3.05) is 14.1 Å². The molecule has 0 aliphatic heterocycles. The summed E-state index contributed by atoms with van der Waals surface area (Å²) in [5.74, 6) is -2.00. The molecule has 0 aromatic heterocycles. The van der Waals surface area contributed by atoms with Crippen LogP contribution in [0.5, 0.6) is 0 Å². The second-order valence-corrected chi connectivity index (χ2v) is 11.0. The van der Waals surface area contributed by atoms with Crippen LogP contribution in [0.25, 0.3) is 0 Å². The maximum absolute atomic E-state index is 12.0. The quantitative estimate of drug-likeness (QED) is 0.394. The molecule has 0 saturated heterocycles. The summed E-state index contributed by atoms with van der Waals surface area (Å²) in [6.07, 6.45) is 14.8. The summed E-state index contributed by atoms with van der Waals surface area (Å²) < 4.78 is 10.2. The van der Waals surface area contributed by atoms with Gasteiger partial charge in [-0.2, -0.15) is 0 Å². The number of carboxylic acids is 1. The van der Waals surface area contributed by atoms with Gasteiger partial charge in [-0.05, 0) is 46.2 Å².